The normalized spacial score (nSPS) is 13.7. The van der Waals surface area contributed by atoms with Crippen molar-refractivity contribution in [2.24, 2.45) is 0 Å². The van der Waals surface area contributed by atoms with Gasteiger partial charge in [-0.3, -0.25) is 18.6 Å². The number of carbonyl (C=O) groups is 2. The number of hydrogen-bond acceptors (Lipinski definition) is 7. The molecule has 0 spiro atoms. The molecular formula is C88H157NO8P+. The summed E-state index contributed by atoms with van der Waals surface area (Å²) in [5.41, 5.74) is 0. The Morgan fingerprint density at radius 2 is 0.582 bits per heavy atom. The Morgan fingerprint density at radius 3 is 0.867 bits per heavy atom. The first kappa shape index (κ1) is 94.4. The fourth-order valence-corrected chi connectivity index (χ4v) is 12.5. The summed E-state index contributed by atoms with van der Waals surface area (Å²) in [6.07, 6.45) is 112. The van der Waals surface area contributed by atoms with E-state index in [1.54, 1.807) is 0 Å². The third kappa shape index (κ3) is 81.4. The Balaban J connectivity index is 3.95. The van der Waals surface area contributed by atoms with E-state index in [1.807, 2.05) is 21.1 Å². The lowest BCUT2D eigenvalue weighted by atomic mass is 10.0. The maximum Gasteiger partial charge on any atom is 0.472 e. The summed E-state index contributed by atoms with van der Waals surface area (Å²) in [5, 5.41) is 0. The first-order valence-corrected chi connectivity index (χ1v) is 42.8. The van der Waals surface area contributed by atoms with Gasteiger partial charge in [0.15, 0.2) is 6.10 Å². The van der Waals surface area contributed by atoms with E-state index in [9.17, 15) is 19.0 Å². The van der Waals surface area contributed by atoms with Crippen LogP contribution in [-0.2, 0) is 32.7 Å². The molecule has 0 saturated heterocycles. The maximum absolute atomic E-state index is 12.9. The highest BCUT2D eigenvalue weighted by molar-refractivity contribution is 7.47. The number of likely N-dealkylation sites (N-methyl/N-ethyl adjacent to an activating group) is 1. The highest BCUT2D eigenvalue weighted by Crippen LogP contribution is 2.43. The summed E-state index contributed by atoms with van der Waals surface area (Å²) in [6, 6.07) is 0. The van der Waals surface area contributed by atoms with Gasteiger partial charge >= 0.3 is 19.8 Å². The lowest BCUT2D eigenvalue weighted by Gasteiger charge is -2.24. The molecule has 10 heteroatoms. The molecule has 0 aromatic rings. The molecule has 566 valence electrons. The minimum atomic E-state index is -4.40. The van der Waals surface area contributed by atoms with Crippen molar-refractivity contribution in [1.29, 1.82) is 0 Å². The second kappa shape index (κ2) is 77.6. The van der Waals surface area contributed by atoms with Crippen LogP contribution in [-0.4, -0.2) is 74.9 Å². The average molecular weight is 1390 g/mol. The van der Waals surface area contributed by atoms with Crippen molar-refractivity contribution in [2.45, 2.75) is 380 Å². The molecule has 0 heterocycles. The van der Waals surface area contributed by atoms with Crippen molar-refractivity contribution in [3.63, 3.8) is 0 Å². The fraction of sp³-hybridized carbons (Fsp3) is 0.750. The second-order valence-electron chi connectivity index (χ2n) is 28.8. The molecule has 0 saturated carbocycles. The fourth-order valence-electron chi connectivity index (χ4n) is 11.7. The van der Waals surface area contributed by atoms with E-state index in [4.69, 9.17) is 18.5 Å². The number of unbranched alkanes of at least 4 members (excludes halogenated alkanes) is 42. The molecule has 0 fully saturated rings. The van der Waals surface area contributed by atoms with E-state index in [1.165, 1.54) is 244 Å². The molecule has 0 radical (unpaired) electrons. The summed E-state index contributed by atoms with van der Waals surface area (Å²) in [4.78, 5) is 36.0. The van der Waals surface area contributed by atoms with Gasteiger partial charge in [0.25, 0.3) is 0 Å². The molecule has 0 bridgehead atoms. The summed E-state index contributed by atoms with van der Waals surface area (Å²) in [7, 11) is 1.49. The predicted octanol–water partition coefficient (Wildman–Crippen LogP) is 27.7. The molecule has 0 rings (SSSR count). The van der Waals surface area contributed by atoms with Crippen LogP contribution >= 0.6 is 7.82 Å². The SMILES string of the molecule is CC/C=C\C/C=C\C/C=C\C/C=C\C/C=C\C/C=C\C/C=C\C/C=C\CCCCCCCCCCCCCCCCCCC(=O)OC(COC(=O)CCCCCCCCCCCCCCCCCCCCCCC/C=C\C/C=C\CCCCCCC)COP(=O)(O)OCC[N+](C)(C)C. The molecule has 9 nitrogen and oxygen atoms in total. The summed E-state index contributed by atoms with van der Waals surface area (Å²) in [5.74, 6) is -0.784. The third-order valence-electron chi connectivity index (χ3n) is 18.0. The zero-order valence-electron chi connectivity index (χ0n) is 64.8. The molecule has 0 aliphatic rings. The quantitative estimate of drug-likeness (QED) is 0.0211. The van der Waals surface area contributed by atoms with Crippen molar-refractivity contribution in [3.05, 3.63) is 122 Å². The largest absolute Gasteiger partial charge is 0.472 e. The van der Waals surface area contributed by atoms with Gasteiger partial charge in [-0.25, -0.2) is 4.57 Å². The molecule has 2 unspecified atom stereocenters. The maximum atomic E-state index is 12.9. The Hall–Kier alpha value is -3.59. The third-order valence-corrected chi connectivity index (χ3v) is 19.0. The van der Waals surface area contributed by atoms with Gasteiger partial charge in [-0.2, -0.15) is 0 Å². The van der Waals surface area contributed by atoms with Crippen molar-refractivity contribution < 1.29 is 42.1 Å². The van der Waals surface area contributed by atoms with Gasteiger partial charge < -0.3 is 18.9 Å². The zero-order valence-corrected chi connectivity index (χ0v) is 65.6. The topological polar surface area (TPSA) is 108 Å². The highest BCUT2D eigenvalue weighted by Gasteiger charge is 2.27. The van der Waals surface area contributed by atoms with Gasteiger partial charge in [0.05, 0.1) is 27.7 Å². The summed E-state index contributed by atoms with van der Waals surface area (Å²) in [6.45, 7) is 4.35. The Labute approximate surface area is 607 Å². The van der Waals surface area contributed by atoms with Crippen LogP contribution in [0.2, 0.25) is 0 Å². The number of quaternary nitrogens is 1. The van der Waals surface area contributed by atoms with Crippen molar-refractivity contribution in [2.75, 3.05) is 47.5 Å². The van der Waals surface area contributed by atoms with Gasteiger partial charge in [0.1, 0.15) is 19.8 Å². The monoisotopic (exact) mass is 1390 g/mol. The molecule has 0 aromatic heterocycles. The molecular weight excluding hydrogens is 1230 g/mol. The van der Waals surface area contributed by atoms with E-state index < -0.39 is 26.5 Å². The number of rotatable bonds is 76. The lowest BCUT2D eigenvalue weighted by molar-refractivity contribution is -0.870. The van der Waals surface area contributed by atoms with Gasteiger partial charge in [-0.15, -0.1) is 0 Å². The van der Waals surface area contributed by atoms with Crippen molar-refractivity contribution in [3.8, 4) is 0 Å². The molecule has 0 amide bonds. The molecule has 1 N–H and O–H groups in total. The van der Waals surface area contributed by atoms with E-state index >= 15 is 0 Å². The summed E-state index contributed by atoms with van der Waals surface area (Å²) < 4.78 is 34.9. The minimum absolute atomic E-state index is 0.0302. The number of phosphoric ester groups is 1. The van der Waals surface area contributed by atoms with E-state index in [0.29, 0.717) is 17.4 Å². The number of ether oxygens (including phenoxy) is 2. The molecule has 0 aromatic carbocycles. The van der Waals surface area contributed by atoms with Crippen LogP contribution in [0.15, 0.2) is 122 Å². The Bertz CT molecular complexity index is 2070. The van der Waals surface area contributed by atoms with Crippen LogP contribution in [0.5, 0.6) is 0 Å². The molecule has 0 aliphatic heterocycles. The van der Waals surface area contributed by atoms with Crippen LogP contribution in [0.25, 0.3) is 0 Å². The standard InChI is InChI=1S/C88H156NO8P/c1-6-8-10-12-14-16-18-20-22-24-26-28-30-32-34-36-38-40-41-42-43-44-45-46-47-49-51-53-55-57-59-61-63-65-67-69-71-73-75-77-79-81-88(91)97-86(85-96-98(92,93)95-83-82-89(3,4)5)84-94-87(90)80-78-76-74-72-70-68-66-64-62-60-58-56-54-52-50-48-39-37-35-33-31-29-27-25-23-21-19-17-15-13-11-9-7-2/h8,10,14,16,19-22,25-28,32,34,38,40,42-43,45-46,86H,6-7,9,11-13,15,17-18,23-24,29-31,33,35-37,39,41,44,47-85H2,1-5H3/p+1/b10-8-,16-14-,21-19-,22-20-,27-25-,28-26-,34-32-,40-38-,43-42-,46-45-. The van der Waals surface area contributed by atoms with E-state index in [2.05, 4.69) is 135 Å². The van der Waals surface area contributed by atoms with Gasteiger partial charge in [-0.05, 0) is 109 Å². The van der Waals surface area contributed by atoms with Crippen LogP contribution in [0, 0.1) is 0 Å². The second-order valence-corrected chi connectivity index (χ2v) is 30.2. The molecule has 2 atom stereocenters. The van der Waals surface area contributed by atoms with Gasteiger partial charge in [0, 0.05) is 12.8 Å². The molecule has 98 heavy (non-hydrogen) atoms. The van der Waals surface area contributed by atoms with Crippen molar-refractivity contribution in [1.82, 2.24) is 0 Å². The van der Waals surface area contributed by atoms with E-state index in [0.717, 1.165) is 96.3 Å². The van der Waals surface area contributed by atoms with Gasteiger partial charge in [-0.1, -0.05) is 373 Å². The summed E-state index contributed by atoms with van der Waals surface area (Å²) >= 11 is 0. The number of hydrogen-bond donors (Lipinski definition) is 1. The number of allylic oxidation sites excluding steroid dienone is 20. The Morgan fingerprint density at radius 1 is 0.327 bits per heavy atom. The highest BCUT2D eigenvalue weighted by atomic mass is 31.2. The number of nitrogens with zero attached hydrogens (tertiary/aromatic N) is 1. The number of phosphoric acid groups is 1. The van der Waals surface area contributed by atoms with E-state index in [-0.39, 0.29) is 32.0 Å². The molecule has 0 aliphatic carbocycles. The number of esters is 2. The number of carbonyl (C=O) groups excluding carboxylic acids is 2. The minimum Gasteiger partial charge on any atom is -0.462 e. The lowest BCUT2D eigenvalue weighted by Crippen LogP contribution is -2.37. The van der Waals surface area contributed by atoms with Crippen LogP contribution in [0.4, 0.5) is 0 Å². The average Bonchev–Trinajstić information content (AvgIpc) is 1.08. The van der Waals surface area contributed by atoms with Crippen molar-refractivity contribution >= 4 is 19.8 Å². The smallest absolute Gasteiger partial charge is 0.462 e. The first-order chi connectivity index (χ1) is 48.0. The first-order valence-electron chi connectivity index (χ1n) is 41.3. The Kier molecular flexibility index (Phi) is 74.7. The van der Waals surface area contributed by atoms with Gasteiger partial charge in [0.2, 0.25) is 0 Å². The zero-order chi connectivity index (χ0) is 71.1. The van der Waals surface area contributed by atoms with Crippen LogP contribution in [0.3, 0.4) is 0 Å². The van der Waals surface area contributed by atoms with Crippen LogP contribution in [0.1, 0.15) is 373 Å². The van der Waals surface area contributed by atoms with Crippen LogP contribution < -0.4 is 0 Å². The predicted molar refractivity (Wildman–Crippen MR) is 427 cm³/mol.